The normalized spacial score (nSPS) is 10.6. The SMILES string of the molecule is NCC(=O)NCCCc1nc2ccccc2[nH]1. The number of hydrogen-bond donors (Lipinski definition) is 3. The Kier molecular flexibility index (Phi) is 3.72. The van der Waals surface area contributed by atoms with E-state index in [1.165, 1.54) is 0 Å². The van der Waals surface area contributed by atoms with E-state index in [0.29, 0.717) is 6.54 Å². The van der Waals surface area contributed by atoms with Crippen LogP contribution in [-0.4, -0.2) is 29.0 Å². The minimum Gasteiger partial charge on any atom is -0.355 e. The molecule has 5 nitrogen and oxygen atoms in total. The third-order valence-electron chi connectivity index (χ3n) is 2.54. The summed E-state index contributed by atoms with van der Waals surface area (Å²) < 4.78 is 0. The van der Waals surface area contributed by atoms with Crippen LogP contribution < -0.4 is 11.1 Å². The molecule has 4 N–H and O–H groups in total. The third-order valence-corrected chi connectivity index (χ3v) is 2.54. The van der Waals surface area contributed by atoms with Crippen molar-refractivity contribution in [3.8, 4) is 0 Å². The van der Waals surface area contributed by atoms with Crippen molar-refractivity contribution in [3.63, 3.8) is 0 Å². The monoisotopic (exact) mass is 232 g/mol. The van der Waals surface area contributed by atoms with Crippen LogP contribution >= 0.6 is 0 Å². The molecule has 0 aliphatic carbocycles. The lowest BCUT2D eigenvalue weighted by Crippen LogP contribution is -2.31. The number of nitrogens with two attached hydrogens (primary N) is 1. The molecule has 0 unspecified atom stereocenters. The molecule has 0 bridgehead atoms. The number of nitrogens with one attached hydrogen (secondary N) is 2. The molecule has 0 saturated heterocycles. The fraction of sp³-hybridized carbons (Fsp3) is 0.333. The number of carbonyl (C=O) groups is 1. The number of hydrogen-bond acceptors (Lipinski definition) is 3. The van der Waals surface area contributed by atoms with Gasteiger partial charge in [0, 0.05) is 13.0 Å². The van der Waals surface area contributed by atoms with E-state index in [9.17, 15) is 4.79 Å². The van der Waals surface area contributed by atoms with Crippen LogP contribution in [0.1, 0.15) is 12.2 Å². The van der Waals surface area contributed by atoms with Gasteiger partial charge in [-0.05, 0) is 18.6 Å². The van der Waals surface area contributed by atoms with Crippen molar-refractivity contribution >= 4 is 16.9 Å². The number of fused-ring (bicyclic) bond motifs is 1. The smallest absolute Gasteiger partial charge is 0.233 e. The van der Waals surface area contributed by atoms with E-state index in [2.05, 4.69) is 15.3 Å². The quantitative estimate of drug-likeness (QED) is 0.659. The van der Waals surface area contributed by atoms with Gasteiger partial charge < -0.3 is 16.0 Å². The number of benzene rings is 1. The predicted molar refractivity (Wildman–Crippen MR) is 66.5 cm³/mol. The van der Waals surface area contributed by atoms with Gasteiger partial charge in [-0.1, -0.05) is 12.1 Å². The molecule has 2 aromatic rings. The number of nitrogens with zero attached hydrogens (tertiary/aromatic N) is 1. The van der Waals surface area contributed by atoms with Crippen LogP contribution in [0, 0.1) is 0 Å². The number of aromatic amines is 1. The van der Waals surface area contributed by atoms with Crippen molar-refractivity contribution in [1.82, 2.24) is 15.3 Å². The summed E-state index contributed by atoms with van der Waals surface area (Å²) in [5, 5.41) is 2.73. The summed E-state index contributed by atoms with van der Waals surface area (Å²) >= 11 is 0. The highest BCUT2D eigenvalue weighted by atomic mass is 16.1. The summed E-state index contributed by atoms with van der Waals surface area (Å²) in [6, 6.07) is 7.92. The van der Waals surface area contributed by atoms with Crippen molar-refractivity contribution in [2.75, 3.05) is 13.1 Å². The fourth-order valence-corrected chi connectivity index (χ4v) is 1.68. The van der Waals surface area contributed by atoms with Crippen LogP contribution in [0.25, 0.3) is 11.0 Å². The Balaban J connectivity index is 1.85. The van der Waals surface area contributed by atoms with Crippen LogP contribution in [0.4, 0.5) is 0 Å². The second-order valence-corrected chi connectivity index (χ2v) is 3.86. The van der Waals surface area contributed by atoms with Gasteiger partial charge in [0.2, 0.25) is 5.91 Å². The maximum atomic E-state index is 10.9. The van der Waals surface area contributed by atoms with E-state index in [0.717, 1.165) is 29.7 Å². The number of amides is 1. The first kappa shape index (κ1) is 11.6. The molecule has 0 saturated carbocycles. The third kappa shape index (κ3) is 3.04. The molecule has 1 amide bonds. The first-order chi connectivity index (χ1) is 8.29. The summed E-state index contributed by atoms with van der Waals surface area (Å²) in [5.74, 6) is 0.836. The minimum atomic E-state index is -0.116. The largest absolute Gasteiger partial charge is 0.355 e. The Morgan fingerprint density at radius 1 is 1.41 bits per heavy atom. The summed E-state index contributed by atoms with van der Waals surface area (Å²) in [6.45, 7) is 0.678. The summed E-state index contributed by atoms with van der Waals surface area (Å²) in [7, 11) is 0. The highest BCUT2D eigenvalue weighted by Gasteiger charge is 2.02. The molecule has 1 aromatic carbocycles. The topological polar surface area (TPSA) is 83.8 Å². The lowest BCUT2D eigenvalue weighted by molar-refractivity contribution is -0.119. The minimum absolute atomic E-state index is 0.0463. The maximum absolute atomic E-state index is 10.9. The Hall–Kier alpha value is -1.88. The Morgan fingerprint density at radius 3 is 3.00 bits per heavy atom. The number of aryl methyl sites for hydroxylation is 1. The summed E-state index contributed by atoms with van der Waals surface area (Å²) in [6.07, 6.45) is 1.67. The molecule has 5 heteroatoms. The zero-order chi connectivity index (χ0) is 12.1. The first-order valence-corrected chi connectivity index (χ1v) is 5.70. The molecule has 0 atom stereocenters. The average molecular weight is 232 g/mol. The molecular weight excluding hydrogens is 216 g/mol. The van der Waals surface area contributed by atoms with Crippen LogP contribution in [-0.2, 0) is 11.2 Å². The maximum Gasteiger partial charge on any atom is 0.233 e. The second-order valence-electron chi connectivity index (χ2n) is 3.86. The van der Waals surface area contributed by atoms with Crippen molar-refractivity contribution in [3.05, 3.63) is 30.1 Å². The number of H-pyrrole nitrogens is 1. The van der Waals surface area contributed by atoms with E-state index in [1.807, 2.05) is 24.3 Å². The standard InChI is InChI=1S/C12H16N4O/c13-8-12(17)14-7-3-6-11-15-9-4-1-2-5-10(9)16-11/h1-2,4-5H,3,6-8,13H2,(H,14,17)(H,15,16). The van der Waals surface area contributed by atoms with E-state index in [-0.39, 0.29) is 12.5 Å². The van der Waals surface area contributed by atoms with Gasteiger partial charge in [0.15, 0.2) is 0 Å². The molecule has 0 aliphatic heterocycles. The lowest BCUT2D eigenvalue weighted by atomic mass is 10.3. The van der Waals surface area contributed by atoms with Crippen molar-refractivity contribution < 1.29 is 4.79 Å². The number of rotatable bonds is 5. The molecule has 0 radical (unpaired) electrons. The number of carbonyl (C=O) groups excluding carboxylic acids is 1. The molecule has 90 valence electrons. The van der Waals surface area contributed by atoms with Crippen LogP contribution in [0.3, 0.4) is 0 Å². The van der Waals surface area contributed by atoms with Crippen LogP contribution in [0.2, 0.25) is 0 Å². The fourth-order valence-electron chi connectivity index (χ4n) is 1.68. The van der Waals surface area contributed by atoms with E-state index >= 15 is 0 Å². The van der Waals surface area contributed by atoms with Gasteiger partial charge in [0.25, 0.3) is 0 Å². The lowest BCUT2D eigenvalue weighted by Gasteiger charge is -2.01. The number of aromatic nitrogens is 2. The van der Waals surface area contributed by atoms with Gasteiger partial charge in [0.05, 0.1) is 17.6 Å². The highest BCUT2D eigenvalue weighted by molar-refractivity contribution is 5.77. The van der Waals surface area contributed by atoms with Gasteiger partial charge in [-0.3, -0.25) is 4.79 Å². The van der Waals surface area contributed by atoms with Crippen molar-refractivity contribution in [1.29, 1.82) is 0 Å². The summed E-state index contributed by atoms with van der Waals surface area (Å²) in [4.78, 5) is 18.6. The first-order valence-electron chi connectivity index (χ1n) is 5.70. The number of para-hydroxylation sites is 2. The van der Waals surface area contributed by atoms with Gasteiger partial charge in [-0.25, -0.2) is 4.98 Å². The van der Waals surface area contributed by atoms with Gasteiger partial charge >= 0.3 is 0 Å². The molecule has 0 spiro atoms. The molecule has 0 fully saturated rings. The van der Waals surface area contributed by atoms with E-state index in [4.69, 9.17) is 5.73 Å². The molecule has 1 aromatic heterocycles. The zero-order valence-corrected chi connectivity index (χ0v) is 9.57. The molecule has 2 rings (SSSR count). The van der Waals surface area contributed by atoms with Crippen LogP contribution in [0.5, 0.6) is 0 Å². The molecular formula is C12H16N4O. The predicted octanol–water partition coefficient (Wildman–Crippen LogP) is 0.570. The van der Waals surface area contributed by atoms with Gasteiger partial charge in [-0.15, -0.1) is 0 Å². The number of imidazole rings is 1. The molecule has 17 heavy (non-hydrogen) atoms. The van der Waals surface area contributed by atoms with E-state index in [1.54, 1.807) is 0 Å². The Bertz CT molecular complexity index is 473. The highest BCUT2D eigenvalue weighted by Crippen LogP contribution is 2.10. The van der Waals surface area contributed by atoms with Crippen molar-refractivity contribution in [2.24, 2.45) is 5.73 Å². The Labute approximate surface area is 99.4 Å². The summed E-state index contributed by atoms with van der Waals surface area (Å²) in [5.41, 5.74) is 7.22. The van der Waals surface area contributed by atoms with Gasteiger partial charge in [0.1, 0.15) is 5.82 Å². The van der Waals surface area contributed by atoms with Gasteiger partial charge in [-0.2, -0.15) is 0 Å². The van der Waals surface area contributed by atoms with E-state index < -0.39 is 0 Å². The van der Waals surface area contributed by atoms with Crippen LogP contribution in [0.15, 0.2) is 24.3 Å². The molecule has 1 heterocycles. The van der Waals surface area contributed by atoms with Crippen molar-refractivity contribution in [2.45, 2.75) is 12.8 Å². The second kappa shape index (κ2) is 5.45. The average Bonchev–Trinajstić information content (AvgIpc) is 2.76. The zero-order valence-electron chi connectivity index (χ0n) is 9.57. The Morgan fingerprint density at radius 2 is 2.24 bits per heavy atom. The molecule has 0 aliphatic rings.